The third kappa shape index (κ3) is 3.07. The summed E-state index contributed by atoms with van der Waals surface area (Å²) in [4.78, 5) is 2.26. The summed E-state index contributed by atoms with van der Waals surface area (Å²) in [5.41, 5.74) is 0.760. The minimum atomic E-state index is -3.14. The lowest BCUT2D eigenvalue weighted by molar-refractivity contribution is 0.447. The van der Waals surface area contributed by atoms with Gasteiger partial charge in [0.1, 0.15) is 5.82 Å². The van der Waals surface area contributed by atoms with Gasteiger partial charge >= 0.3 is 0 Å². The van der Waals surface area contributed by atoms with Crippen molar-refractivity contribution in [1.82, 2.24) is 24.1 Å². The number of fused-ring (bicyclic) bond motifs is 2. The van der Waals surface area contributed by atoms with Gasteiger partial charge in [-0.05, 0) is 29.9 Å². The molecule has 0 radical (unpaired) electrons. The lowest BCUT2D eigenvalue weighted by Gasteiger charge is -2.22. The van der Waals surface area contributed by atoms with Gasteiger partial charge in [-0.25, -0.2) is 12.7 Å². The van der Waals surface area contributed by atoms with Gasteiger partial charge in [0.25, 0.3) is 0 Å². The van der Waals surface area contributed by atoms with Crippen LogP contribution in [0.2, 0.25) is 0 Å². The van der Waals surface area contributed by atoms with Gasteiger partial charge in [-0.1, -0.05) is 20.8 Å². The topological polar surface area (TPSA) is 83.7 Å². The Labute approximate surface area is 154 Å². The van der Waals surface area contributed by atoms with Crippen LogP contribution in [0, 0.1) is 17.8 Å². The van der Waals surface area contributed by atoms with E-state index in [9.17, 15) is 8.42 Å². The summed E-state index contributed by atoms with van der Waals surface area (Å²) in [5, 5.41) is 13.0. The van der Waals surface area contributed by atoms with E-state index in [1.807, 2.05) is 37.4 Å². The third-order valence-corrected chi connectivity index (χ3v) is 7.52. The van der Waals surface area contributed by atoms with E-state index in [0.717, 1.165) is 36.8 Å². The van der Waals surface area contributed by atoms with E-state index in [0.29, 0.717) is 24.9 Å². The SMILES string of the molecule is CCc1nnc2ccc(N3CC4CN(S(=O)(=O)CC(C)C)CC4C3)nn12. The molecule has 0 spiro atoms. The molecule has 0 saturated carbocycles. The van der Waals surface area contributed by atoms with Crippen LogP contribution in [0.5, 0.6) is 0 Å². The lowest BCUT2D eigenvalue weighted by Crippen LogP contribution is -2.36. The van der Waals surface area contributed by atoms with Crippen LogP contribution in [0.4, 0.5) is 5.82 Å². The van der Waals surface area contributed by atoms with E-state index in [-0.39, 0.29) is 11.7 Å². The third-order valence-electron chi connectivity index (χ3n) is 5.34. The summed E-state index contributed by atoms with van der Waals surface area (Å²) in [7, 11) is -3.14. The molecule has 2 aromatic heterocycles. The Hall–Kier alpha value is -1.74. The molecule has 9 heteroatoms. The predicted octanol–water partition coefficient (Wildman–Crippen LogP) is 1.04. The molecule has 4 heterocycles. The Morgan fingerprint density at radius 1 is 1.12 bits per heavy atom. The fourth-order valence-corrected chi connectivity index (χ4v) is 5.99. The molecular weight excluding hydrogens is 352 g/mol. The summed E-state index contributed by atoms with van der Waals surface area (Å²) in [6, 6.07) is 3.93. The first kappa shape index (κ1) is 17.7. The summed E-state index contributed by atoms with van der Waals surface area (Å²) in [5.74, 6) is 2.92. The van der Waals surface area contributed by atoms with Crippen molar-refractivity contribution in [3.05, 3.63) is 18.0 Å². The number of aryl methyl sites for hydroxylation is 1. The molecule has 0 bridgehead atoms. The first-order valence-electron chi connectivity index (χ1n) is 9.31. The maximum absolute atomic E-state index is 12.5. The molecule has 2 aliphatic heterocycles. The Morgan fingerprint density at radius 2 is 1.81 bits per heavy atom. The maximum atomic E-state index is 12.5. The molecule has 0 amide bonds. The molecular formula is C17H26N6O2S. The summed E-state index contributed by atoms with van der Waals surface area (Å²) >= 11 is 0. The van der Waals surface area contributed by atoms with E-state index in [1.165, 1.54) is 0 Å². The highest BCUT2D eigenvalue weighted by Gasteiger charge is 2.44. The van der Waals surface area contributed by atoms with Crippen LogP contribution in [0.15, 0.2) is 12.1 Å². The van der Waals surface area contributed by atoms with Gasteiger partial charge < -0.3 is 4.90 Å². The van der Waals surface area contributed by atoms with Crippen LogP contribution >= 0.6 is 0 Å². The highest BCUT2D eigenvalue weighted by molar-refractivity contribution is 7.89. The van der Waals surface area contributed by atoms with Crippen LogP contribution < -0.4 is 4.90 Å². The average molecular weight is 379 g/mol. The highest BCUT2D eigenvalue weighted by atomic mass is 32.2. The van der Waals surface area contributed by atoms with Crippen molar-refractivity contribution < 1.29 is 8.42 Å². The summed E-state index contributed by atoms with van der Waals surface area (Å²) in [6.07, 6.45) is 0.783. The Morgan fingerprint density at radius 3 is 2.42 bits per heavy atom. The van der Waals surface area contributed by atoms with Crippen molar-refractivity contribution in [1.29, 1.82) is 0 Å². The van der Waals surface area contributed by atoms with Gasteiger partial charge in [0, 0.05) is 32.6 Å². The Bertz CT molecular complexity index is 895. The number of aromatic nitrogens is 4. The predicted molar refractivity (Wildman–Crippen MR) is 99.6 cm³/mol. The maximum Gasteiger partial charge on any atom is 0.214 e. The molecule has 8 nitrogen and oxygen atoms in total. The molecule has 2 aliphatic rings. The van der Waals surface area contributed by atoms with Gasteiger partial charge in [0.05, 0.1) is 5.75 Å². The molecule has 2 saturated heterocycles. The summed E-state index contributed by atoms with van der Waals surface area (Å²) in [6.45, 7) is 8.90. The molecule has 2 fully saturated rings. The standard InChI is InChI=1S/C17H26N6O2S/c1-4-15-18-19-16-5-6-17(20-23(15)16)21-7-13-9-22(10-14(13)8-21)26(24,25)11-12(2)3/h5-6,12-14H,4,7-11H2,1-3H3. The van der Waals surface area contributed by atoms with Crippen molar-refractivity contribution in [3.63, 3.8) is 0 Å². The Kier molecular flexibility index (Phi) is 4.38. The molecule has 0 aliphatic carbocycles. The van der Waals surface area contributed by atoms with Crippen molar-refractivity contribution in [2.24, 2.45) is 17.8 Å². The zero-order valence-electron chi connectivity index (χ0n) is 15.5. The van der Waals surface area contributed by atoms with Gasteiger partial charge in [-0.15, -0.1) is 15.3 Å². The highest BCUT2D eigenvalue weighted by Crippen LogP contribution is 2.34. The van der Waals surface area contributed by atoms with Gasteiger partial charge in [-0.3, -0.25) is 0 Å². The average Bonchev–Trinajstić information content (AvgIpc) is 3.25. The fourth-order valence-electron chi connectivity index (χ4n) is 4.10. The van der Waals surface area contributed by atoms with E-state index in [2.05, 4.69) is 15.1 Å². The first-order chi connectivity index (χ1) is 12.4. The van der Waals surface area contributed by atoms with Crippen LogP contribution in [-0.4, -0.2) is 64.5 Å². The zero-order valence-corrected chi connectivity index (χ0v) is 16.4. The number of anilines is 1. The van der Waals surface area contributed by atoms with E-state index in [4.69, 9.17) is 5.10 Å². The van der Waals surface area contributed by atoms with Gasteiger partial charge in [0.15, 0.2) is 11.5 Å². The lowest BCUT2D eigenvalue weighted by atomic mass is 10.0. The number of nitrogens with zero attached hydrogens (tertiary/aromatic N) is 6. The second kappa shape index (κ2) is 6.45. The molecule has 2 atom stereocenters. The van der Waals surface area contributed by atoms with Crippen LogP contribution in [0.1, 0.15) is 26.6 Å². The van der Waals surface area contributed by atoms with Crippen molar-refractivity contribution in [2.45, 2.75) is 27.2 Å². The molecule has 4 rings (SSSR count). The second-order valence-corrected chi connectivity index (χ2v) is 9.86. The Balaban J connectivity index is 1.48. The van der Waals surface area contributed by atoms with Crippen molar-refractivity contribution in [2.75, 3.05) is 36.8 Å². The molecule has 0 aromatic carbocycles. The largest absolute Gasteiger partial charge is 0.355 e. The number of hydrogen-bond donors (Lipinski definition) is 0. The summed E-state index contributed by atoms with van der Waals surface area (Å²) < 4.78 is 28.5. The van der Waals surface area contributed by atoms with Gasteiger partial charge in [0.2, 0.25) is 10.0 Å². The minimum absolute atomic E-state index is 0.157. The minimum Gasteiger partial charge on any atom is -0.355 e. The van der Waals surface area contributed by atoms with Crippen molar-refractivity contribution in [3.8, 4) is 0 Å². The smallest absolute Gasteiger partial charge is 0.214 e. The van der Waals surface area contributed by atoms with Crippen LogP contribution in [0.25, 0.3) is 5.65 Å². The van der Waals surface area contributed by atoms with Crippen LogP contribution in [-0.2, 0) is 16.4 Å². The number of hydrogen-bond acceptors (Lipinski definition) is 6. The quantitative estimate of drug-likeness (QED) is 0.773. The number of sulfonamides is 1. The van der Waals surface area contributed by atoms with Gasteiger partial charge in [-0.2, -0.15) is 4.52 Å². The van der Waals surface area contributed by atoms with E-state index >= 15 is 0 Å². The van der Waals surface area contributed by atoms with E-state index in [1.54, 1.807) is 4.31 Å². The fraction of sp³-hybridized carbons (Fsp3) is 0.706. The van der Waals surface area contributed by atoms with Crippen molar-refractivity contribution >= 4 is 21.5 Å². The molecule has 0 N–H and O–H groups in total. The first-order valence-corrected chi connectivity index (χ1v) is 10.9. The molecule has 2 aromatic rings. The zero-order chi connectivity index (χ0) is 18.5. The van der Waals surface area contributed by atoms with Crippen LogP contribution in [0.3, 0.4) is 0 Å². The van der Waals surface area contributed by atoms with E-state index < -0.39 is 10.0 Å². The normalized spacial score (nSPS) is 24.1. The second-order valence-electron chi connectivity index (χ2n) is 7.85. The molecule has 142 valence electrons. The molecule has 2 unspecified atom stereocenters. The monoisotopic (exact) mass is 378 g/mol. The molecule has 26 heavy (non-hydrogen) atoms. The number of rotatable bonds is 5.